The largest absolute Gasteiger partial charge is 0.373 e. The van der Waals surface area contributed by atoms with E-state index in [1.165, 1.54) is 19.4 Å². The molecule has 74 valence electrons. The van der Waals surface area contributed by atoms with E-state index >= 15 is 0 Å². The topological polar surface area (TPSA) is 12.5 Å². The number of fused-ring (bicyclic) bond motifs is 2. The summed E-state index contributed by atoms with van der Waals surface area (Å²) in [5.41, 5.74) is 0.730. The average Bonchev–Trinajstić information content (AvgIpc) is 2.66. The molecule has 0 bridgehead atoms. The van der Waals surface area contributed by atoms with E-state index in [1.807, 2.05) is 0 Å². The first kappa shape index (κ1) is 8.69. The Morgan fingerprint density at radius 1 is 1.62 bits per heavy atom. The molecule has 3 rings (SSSR count). The molecule has 2 nitrogen and oxygen atoms in total. The van der Waals surface area contributed by atoms with Crippen LogP contribution < -0.4 is 0 Å². The Labute approximate surface area is 87.7 Å². The van der Waals surface area contributed by atoms with Crippen molar-refractivity contribution in [2.75, 3.05) is 32.1 Å². The van der Waals surface area contributed by atoms with Gasteiger partial charge in [-0.05, 0) is 25.8 Å². The number of likely N-dealkylation sites (tertiary alicyclic amines) is 1. The lowest BCUT2D eigenvalue weighted by Crippen LogP contribution is -2.42. The van der Waals surface area contributed by atoms with Crippen molar-refractivity contribution in [2.45, 2.75) is 18.4 Å². The lowest BCUT2D eigenvalue weighted by atomic mass is 9.84. The molecule has 3 heteroatoms. The van der Waals surface area contributed by atoms with E-state index in [9.17, 15) is 0 Å². The van der Waals surface area contributed by atoms with Crippen molar-refractivity contribution in [1.82, 2.24) is 4.90 Å². The fourth-order valence-corrected chi connectivity index (χ4v) is 4.53. The number of halogens is 1. The SMILES string of the molecule is CN1CCC2(C1)OCC1CC12CBr. The molecule has 0 aromatic heterocycles. The van der Waals surface area contributed by atoms with Crippen LogP contribution in [-0.4, -0.2) is 42.6 Å². The molecule has 3 atom stereocenters. The highest BCUT2D eigenvalue weighted by Crippen LogP contribution is 2.68. The zero-order chi connectivity index (χ0) is 9.10. The van der Waals surface area contributed by atoms with E-state index < -0.39 is 0 Å². The van der Waals surface area contributed by atoms with Gasteiger partial charge >= 0.3 is 0 Å². The third-order valence-corrected chi connectivity index (χ3v) is 5.36. The van der Waals surface area contributed by atoms with Gasteiger partial charge in [-0.15, -0.1) is 0 Å². The smallest absolute Gasteiger partial charge is 0.0888 e. The Morgan fingerprint density at radius 2 is 2.46 bits per heavy atom. The lowest BCUT2D eigenvalue weighted by Gasteiger charge is -2.32. The highest BCUT2D eigenvalue weighted by molar-refractivity contribution is 9.09. The van der Waals surface area contributed by atoms with Crippen LogP contribution in [0.4, 0.5) is 0 Å². The number of ether oxygens (including phenoxy) is 1. The first-order valence-corrected chi connectivity index (χ1v) is 6.23. The number of hydrogen-bond donors (Lipinski definition) is 0. The normalized spacial score (nSPS) is 54.5. The minimum Gasteiger partial charge on any atom is -0.373 e. The quantitative estimate of drug-likeness (QED) is 0.650. The maximum absolute atomic E-state index is 6.06. The van der Waals surface area contributed by atoms with Gasteiger partial charge < -0.3 is 9.64 Å². The first-order valence-electron chi connectivity index (χ1n) is 5.11. The second-order valence-corrected chi connectivity index (χ2v) is 5.54. The van der Waals surface area contributed by atoms with Crippen molar-refractivity contribution >= 4 is 15.9 Å². The number of likely N-dealkylation sites (N-methyl/N-ethyl adjacent to an activating group) is 1. The molecule has 0 radical (unpaired) electrons. The van der Waals surface area contributed by atoms with E-state index in [4.69, 9.17) is 4.74 Å². The maximum atomic E-state index is 6.06. The molecule has 0 aromatic carbocycles. The molecule has 3 unspecified atom stereocenters. The molecule has 1 aliphatic carbocycles. The van der Waals surface area contributed by atoms with Crippen LogP contribution in [-0.2, 0) is 4.74 Å². The highest BCUT2D eigenvalue weighted by atomic mass is 79.9. The molecule has 3 fully saturated rings. The van der Waals surface area contributed by atoms with E-state index in [1.54, 1.807) is 0 Å². The van der Waals surface area contributed by atoms with Crippen LogP contribution in [0.5, 0.6) is 0 Å². The van der Waals surface area contributed by atoms with Gasteiger partial charge in [0.05, 0.1) is 12.2 Å². The lowest BCUT2D eigenvalue weighted by molar-refractivity contribution is -0.0375. The Balaban J connectivity index is 1.91. The van der Waals surface area contributed by atoms with Crippen LogP contribution in [0.1, 0.15) is 12.8 Å². The van der Waals surface area contributed by atoms with Crippen molar-refractivity contribution in [2.24, 2.45) is 11.3 Å². The Kier molecular flexibility index (Phi) is 1.67. The molecule has 2 saturated heterocycles. The summed E-state index contributed by atoms with van der Waals surface area (Å²) in [5, 5.41) is 1.14. The van der Waals surface area contributed by atoms with Gasteiger partial charge in [0.25, 0.3) is 0 Å². The van der Waals surface area contributed by atoms with Crippen molar-refractivity contribution in [1.29, 1.82) is 0 Å². The minimum atomic E-state index is 0.218. The highest BCUT2D eigenvalue weighted by Gasteiger charge is 2.72. The predicted molar refractivity (Wildman–Crippen MR) is 55.1 cm³/mol. The van der Waals surface area contributed by atoms with Crippen LogP contribution >= 0.6 is 15.9 Å². The van der Waals surface area contributed by atoms with Gasteiger partial charge in [0.2, 0.25) is 0 Å². The fourth-order valence-electron chi connectivity index (χ4n) is 3.34. The van der Waals surface area contributed by atoms with Gasteiger partial charge in [-0.3, -0.25) is 0 Å². The van der Waals surface area contributed by atoms with Gasteiger partial charge in [0, 0.05) is 23.8 Å². The van der Waals surface area contributed by atoms with Crippen LogP contribution in [0.15, 0.2) is 0 Å². The van der Waals surface area contributed by atoms with Crippen molar-refractivity contribution < 1.29 is 4.74 Å². The number of nitrogens with zero attached hydrogens (tertiary/aromatic N) is 1. The van der Waals surface area contributed by atoms with Crippen molar-refractivity contribution in [3.8, 4) is 0 Å². The molecule has 2 aliphatic heterocycles. The molecule has 0 aromatic rings. The van der Waals surface area contributed by atoms with Gasteiger partial charge in [0.15, 0.2) is 0 Å². The summed E-state index contributed by atoms with van der Waals surface area (Å²) in [6, 6.07) is 0. The average molecular weight is 246 g/mol. The van der Waals surface area contributed by atoms with Crippen molar-refractivity contribution in [3.05, 3.63) is 0 Å². The summed E-state index contributed by atoms with van der Waals surface area (Å²) in [6.45, 7) is 3.37. The number of rotatable bonds is 1. The fraction of sp³-hybridized carbons (Fsp3) is 1.00. The van der Waals surface area contributed by atoms with Gasteiger partial charge in [0.1, 0.15) is 0 Å². The summed E-state index contributed by atoms with van der Waals surface area (Å²) in [7, 11) is 2.20. The molecule has 0 amide bonds. The summed E-state index contributed by atoms with van der Waals surface area (Å²) in [5.74, 6) is 0.860. The van der Waals surface area contributed by atoms with E-state index in [0.29, 0.717) is 5.41 Å². The van der Waals surface area contributed by atoms with E-state index in [-0.39, 0.29) is 5.60 Å². The van der Waals surface area contributed by atoms with Gasteiger partial charge in [-0.25, -0.2) is 0 Å². The van der Waals surface area contributed by atoms with Crippen molar-refractivity contribution in [3.63, 3.8) is 0 Å². The Hall–Kier alpha value is 0.400. The molecule has 2 heterocycles. The number of hydrogen-bond acceptors (Lipinski definition) is 2. The Morgan fingerprint density at radius 3 is 3.00 bits per heavy atom. The second-order valence-electron chi connectivity index (χ2n) is 4.98. The minimum absolute atomic E-state index is 0.218. The van der Waals surface area contributed by atoms with E-state index in [2.05, 4.69) is 27.9 Å². The molecule has 1 spiro atoms. The monoisotopic (exact) mass is 245 g/mol. The third kappa shape index (κ3) is 0.910. The van der Waals surface area contributed by atoms with Gasteiger partial charge in [-0.1, -0.05) is 15.9 Å². The summed E-state index contributed by atoms with van der Waals surface area (Å²) in [4.78, 5) is 2.41. The first-order chi connectivity index (χ1) is 6.22. The van der Waals surface area contributed by atoms with Crippen LogP contribution in [0.25, 0.3) is 0 Å². The predicted octanol–water partition coefficient (Wildman–Crippen LogP) is 1.49. The summed E-state index contributed by atoms with van der Waals surface area (Å²) in [6.07, 6.45) is 2.64. The molecule has 1 saturated carbocycles. The van der Waals surface area contributed by atoms with Gasteiger partial charge in [-0.2, -0.15) is 0 Å². The molecule has 0 N–H and O–H groups in total. The molecular formula is C10H16BrNO. The zero-order valence-electron chi connectivity index (χ0n) is 8.05. The summed E-state index contributed by atoms with van der Waals surface area (Å²) >= 11 is 3.68. The standard InChI is InChI=1S/C10H16BrNO/c1-12-3-2-10(7-12)9(6-11)4-8(9)5-13-10/h8H,2-7H2,1H3. The maximum Gasteiger partial charge on any atom is 0.0888 e. The summed E-state index contributed by atoms with van der Waals surface area (Å²) < 4.78 is 6.06. The Bertz CT molecular complexity index is 243. The number of alkyl halides is 1. The van der Waals surface area contributed by atoms with Crippen LogP contribution in [0.2, 0.25) is 0 Å². The third-order valence-electron chi connectivity index (χ3n) is 4.36. The second kappa shape index (κ2) is 2.50. The molecular weight excluding hydrogens is 230 g/mol. The van der Waals surface area contributed by atoms with Crippen LogP contribution in [0.3, 0.4) is 0 Å². The van der Waals surface area contributed by atoms with Crippen LogP contribution in [0, 0.1) is 11.3 Å². The zero-order valence-corrected chi connectivity index (χ0v) is 9.64. The molecule has 3 aliphatic rings. The molecule has 13 heavy (non-hydrogen) atoms. The van der Waals surface area contributed by atoms with E-state index in [0.717, 1.165) is 24.4 Å².